The molecule has 138 valence electrons. The van der Waals surface area contributed by atoms with E-state index in [1.165, 1.54) is 11.1 Å². The van der Waals surface area contributed by atoms with Gasteiger partial charge in [-0.1, -0.05) is 36.4 Å². The molecule has 1 aliphatic heterocycles. The molecule has 2 heterocycles. The van der Waals surface area contributed by atoms with Crippen LogP contribution < -0.4 is 5.32 Å². The molecule has 1 aromatic heterocycles. The Balaban J connectivity index is 1.58. The van der Waals surface area contributed by atoms with Gasteiger partial charge in [-0.3, -0.25) is 9.88 Å². The summed E-state index contributed by atoms with van der Waals surface area (Å²) < 4.78 is 5.44. The first-order chi connectivity index (χ1) is 12.8. The van der Waals surface area contributed by atoms with E-state index in [1.54, 1.807) is 6.20 Å². The summed E-state index contributed by atoms with van der Waals surface area (Å²) in [6, 6.07) is 14.4. The molecule has 1 fully saturated rings. The Morgan fingerprint density at radius 2 is 1.88 bits per heavy atom. The number of rotatable bonds is 7. The number of morpholine rings is 1. The summed E-state index contributed by atoms with van der Waals surface area (Å²) >= 11 is 5.69. The summed E-state index contributed by atoms with van der Waals surface area (Å²) in [6.45, 7) is 6.99. The molecule has 3 rings (SSSR count). The molecular formula is C20H26N4OS. The Morgan fingerprint density at radius 3 is 2.62 bits per heavy atom. The van der Waals surface area contributed by atoms with Gasteiger partial charge in [-0.05, 0) is 29.4 Å². The average molecular weight is 371 g/mol. The zero-order chi connectivity index (χ0) is 18.0. The summed E-state index contributed by atoms with van der Waals surface area (Å²) in [5.74, 6) is 0. The third-order valence-corrected chi connectivity index (χ3v) is 4.86. The van der Waals surface area contributed by atoms with Crippen LogP contribution >= 0.6 is 12.2 Å². The normalized spacial score (nSPS) is 14.8. The third kappa shape index (κ3) is 6.05. The monoisotopic (exact) mass is 370 g/mol. The molecule has 0 aliphatic carbocycles. The van der Waals surface area contributed by atoms with E-state index >= 15 is 0 Å². The molecule has 0 radical (unpaired) electrons. The van der Waals surface area contributed by atoms with Crippen LogP contribution in [0.15, 0.2) is 54.9 Å². The molecule has 5 nitrogen and oxygen atoms in total. The van der Waals surface area contributed by atoms with Gasteiger partial charge in [0.2, 0.25) is 0 Å². The van der Waals surface area contributed by atoms with E-state index in [0.717, 1.165) is 57.6 Å². The van der Waals surface area contributed by atoms with E-state index in [0.29, 0.717) is 0 Å². The van der Waals surface area contributed by atoms with Crippen molar-refractivity contribution in [1.82, 2.24) is 20.1 Å². The summed E-state index contributed by atoms with van der Waals surface area (Å²) in [6.07, 6.45) is 3.70. The summed E-state index contributed by atoms with van der Waals surface area (Å²) in [4.78, 5) is 8.88. The molecule has 0 unspecified atom stereocenters. The Hall–Kier alpha value is -2.02. The van der Waals surface area contributed by atoms with Crippen molar-refractivity contribution in [1.29, 1.82) is 0 Å². The highest BCUT2D eigenvalue weighted by atomic mass is 32.1. The summed E-state index contributed by atoms with van der Waals surface area (Å²) in [5.41, 5.74) is 2.39. The van der Waals surface area contributed by atoms with E-state index < -0.39 is 0 Å². The van der Waals surface area contributed by atoms with Gasteiger partial charge < -0.3 is 15.0 Å². The topological polar surface area (TPSA) is 40.6 Å². The molecule has 1 saturated heterocycles. The average Bonchev–Trinajstić information content (AvgIpc) is 2.71. The smallest absolute Gasteiger partial charge is 0.169 e. The second-order valence-electron chi connectivity index (χ2n) is 6.38. The molecule has 2 aromatic rings. The predicted molar refractivity (Wildman–Crippen MR) is 108 cm³/mol. The van der Waals surface area contributed by atoms with E-state index in [4.69, 9.17) is 17.0 Å². The standard InChI is InChI=1S/C20H26N4OS/c26-20(22-16-18-5-2-1-3-6-18)24(17-19-7-4-8-21-15-19)10-9-23-11-13-25-14-12-23/h1-8,15H,9-14,16-17H2,(H,22,26). The Labute approximate surface area is 161 Å². The van der Waals surface area contributed by atoms with Gasteiger partial charge in [-0.2, -0.15) is 0 Å². The molecule has 0 bridgehead atoms. The van der Waals surface area contributed by atoms with Crippen molar-refractivity contribution in [2.24, 2.45) is 0 Å². The maximum atomic E-state index is 5.69. The van der Waals surface area contributed by atoms with Crippen molar-refractivity contribution in [2.45, 2.75) is 13.1 Å². The quantitative estimate of drug-likeness (QED) is 0.754. The van der Waals surface area contributed by atoms with Crippen LogP contribution in [0.3, 0.4) is 0 Å². The highest BCUT2D eigenvalue weighted by Crippen LogP contribution is 2.06. The van der Waals surface area contributed by atoms with Crippen LogP contribution in [0.4, 0.5) is 0 Å². The van der Waals surface area contributed by atoms with Crippen molar-refractivity contribution in [2.75, 3.05) is 39.4 Å². The molecule has 6 heteroatoms. The first-order valence-corrected chi connectivity index (χ1v) is 9.48. The largest absolute Gasteiger partial charge is 0.379 e. The first-order valence-electron chi connectivity index (χ1n) is 9.07. The number of benzene rings is 1. The van der Waals surface area contributed by atoms with Crippen LogP contribution in [0.1, 0.15) is 11.1 Å². The molecule has 1 aliphatic rings. The fraction of sp³-hybridized carbons (Fsp3) is 0.400. The minimum atomic E-state index is 0.737. The van der Waals surface area contributed by atoms with Crippen molar-refractivity contribution in [3.63, 3.8) is 0 Å². The van der Waals surface area contributed by atoms with Crippen LogP contribution in [-0.4, -0.2) is 59.3 Å². The van der Waals surface area contributed by atoms with Crippen molar-refractivity contribution in [3.8, 4) is 0 Å². The van der Waals surface area contributed by atoms with E-state index in [1.807, 2.05) is 30.5 Å². The van der Waals surface area contributed by atoms with Crippen LogP contribution in [0, 0.1) is 0 Å². The lowest BCUT2D eigenvalue weighted by Crippen LogP contribution is -2.45. The lowest BCUT2D eigenvalue weighted by atomic mass is 10.2. The number of pyridine rings is 1. The predicted octanol–water partition coefficient (Wildman–Crippen LogP) is 2.29. The SMILES string of the molecule is S=C(NCc1ccccc1)N(CCN1CCOCC1)Cc1cccnc1. The van der Waals surface area contributed by atoms with Gasteiger partial charge in [0.25, 0.3) is 0 Å². The van der Waals surface area contributed by atoms with Crippen LogP contribution in [-0.2, 0) is 17.8 Å². The minimum absolute atomic E-state index is 0.737. The Morgan fingerprint density at radius 1 is 1.12 bits per heavy atom. The molecule has 0 amide bonds. The number of hydrogen-bond donors (Lipinski definition) is 1. The maximum absolute atomic E-state index is 5.69. The second kappa shape index (κ2) is 10.2. The fourth-order valence-electron chi connectivity index (χ4n) is 2.94. The highest BCUT2D eigenvalue weighted by Gasteiger charge is 2.15. The highest BCUT2D eigenvalue weighted by molar-refractivity contribution is 7.80. The first kappa shape index (κ1) is 18.8. The lowest BCUT2D eigenvalue weighted by Gasteiger charge is -2.31. The summed E-state index contributed by atoms with van der Waals surface area (Å²) in [5, 5.41) is 4.18. The molecule has 0 spiro atoms. The molecule has 0 atom stereocenters. The minimum Gasteiger partial charge on any atom is -0.379 e. The number of nitrogens with one attached hydrogen (secondary N) is 1. The lowest BCUT2D eigenvalue weighted by molar-refractivity contribution is 0.0357. The Kier molecular flexibility index (Phi) is 7.37. The molecule has 1 N–H and O–H groups in total. The van der Waals surface area contributed by atoms with Crippen molar-refractivity contribution in [3.05, 3.63) is 66.0 Å². The third-order valence-electron chi connectivity index (χ3n) is 4.46. The van der Waals surface area contributed by atoms with E-state index in [9.17, 15) is 0 Å². The van der Waals surface area contributed by atoms with Crippen LogP contribution in [0.5, 0.6) is 0 Å². The number of ether oxygens (including phenoxy) is 1. The second-order valence-corrected chi connectivity index (χ2v) is 6.77. The maximum Gasteiger partial charge on any atom is 0.169 e. The number of nitrogens with zero attached hydrogens (tertiary/aromatic N) is 3. The van der Waals surface area contributed by atoms with Crippen LogP contribution in [0.2, 0.25) is 0 Å². The van der Waals surface area contributed by atoms with Gasteiger partial charge in [0.15, 0.2) is 5.11 Å². The molecule has 0 saturated carbocycles. The zero-order valence-electron chi connectivity index (χ0n) is 15.0. The van der Waals surface area contributed by atoms with Crippen LogP contribution in [0.25, 0.3) is 0 Å². The number of hydrogen-bond acceptors (Lipinski definition) is 4. The number of aromatic nitrogens is 1. The molecular weight excluding hydrogens is 344 g/mol. The van der Waals surface area contributed by atoms with Gasteiger partial charge in [0.1, 0.15) is 0 Å². The van der Waals surface area contributed by atoms with Gasteiger partial charge in [-0.25, -0.2) is 0 Å². The van der Waals surface area contributed by atoms with Gasteiger partial charge in [0, 0.05) is 51.7 Å². The van der Waals surface area contributed by atoms with Crippen molar-refractivity contribution < 1.29 is 4.74 Å². The molecule has 26 heavy (non-hydrogen) atoms. The Bertz CT molecular complexity index is 662. The fourth-order valence-corrected chi connectivity index (χ4v) is 3.16. The summed E-state index contributed by atoms with van der Waals surface area (Å²) in [7, 11) is 0. The number of thiocarbonyl (C=S) groups is 1. The van der Waals surface area contributed by atoms with E-state index in [2.05, 4.69) is 38.3 Å². The van der Waals surface area contributed by atoms with E-state index in [-0.39, 0.29) is 0 Å². The van der Waals surface area contributed by atoms with Gasteiger partial charge in [-0.15, -0.1) is 0 Å². The molecule has 1 aromatic carbocycles. The van der Waals surface area contributed by atoms with Gasteiger partial charge >= 0.3 is 0 Å². The zero-order valence-corrected chi connectivity index (χ0v) is 15.8. The van der Waals surface area contributed by atoms with Gasteiger partial charge in [0.05, 0.1) is 13.2 Å². The van der Waals surface area contributed by atoms with Crippen molar-refractivity contribution >= 4 is 17.3 Å².